The SMILES string of the molecule is CC(N)C(=O)NCC(C)(C)S(=O)(=O)C1(C)CC1. The molecule has 0 bridgehead atoms. The van der Waals surface area contributed by atoms with Crippen molar-refractivity contribution in [2.45, 2.75) is 56.1 Å². The fourth-order valence-corrected chi connectivity index (χ4v) is 3.90. The van der Waals surface area contributed by atoms with Crippen LogP contribution in [0.5, 0.6) is 0 Å². The van der Waals surface area contributed by atoms with E-state index < -0.39 is 25.4 Å². The average Bonchev–Trinajstić information content (AvgIpc) is 2.94. The summed E-state index contributed by atoms with van der Waals surface area (Å²) in [5, 5.41) is 2.59. The number of nitrogens with one attached hydrogen (secondary N) is 1. The van der Waals surface area contributed by atoms with Gasteiger partial charge in [0.15, 0.2) is 9.84 Å². The van der Waals surface area contributed by atoms with Crippen LogP contribution < -0.4 is 11.1 Å². The molecule has 1 fully saturated rings. The van der Waals surface area contributed by atoms with Crippen molar-refractivity contribution in [2.75, 3.05) is 6.54 Å². The Kier molecular flexibility index (Phi) is 3.60. The largest absolute Gasteiger partial charge is 0.353 e. The highest BCUT2D eigenvalue weighted by molar-refractivity contribution is 7.94. The molecule has 0 aliphatic heterocycles. The van der Waals surface area contributed by atoms with Gasteiger partial charge in [-0.1, -0.05) is 0 Å². The summed E-state index contributed by atoms with van der Waals surface area (Å²) in [6.07, 6.45) is 1.42. The smallest absolute Gasteiger partial charge is 0.236 e. The van der Waals surface area contributed by atoms with Crippen LogP contribution in [0.15, 0.2) is 0 Å². The summed E-state index contributed by atoms with van der Waals surface area (Å²) in [4.78, 5) is 11.4. The van der Waals surface area contributed by atoms with Gasteiger partial charge in [-0.3, -0.25) is 4.79 Å². The van der Waals surface area contributed by atoms with Crippen molar-refractivity contribution in [1.29, 1.82) is 0 Å². The molecule has 1 unspecified atom stereocenters. The highest BCUT2D eigenvalue weighted by atomic mass is 32.2. The standard InChI is InChI=1S/C11H22N2O3S/c1-8(12)9(14)13-7-10(2,3)17(15,16)11(4)5-6-11/h8H,5-7,12H2,1-4H3,(H,13,14). The number of carbonyl (C=O) groups excluding carboxylic acids is 1. The van der Waals surface area contributed by atoms with Crippen molar-refractivity contribution in [3.63, 3.8) is 0 Å². The predicted molar refractivity (Wildman–Crippen MR) is 67.3 cm³/mol. The van der Waals surface area contributed by atoms with E-state index in [4.69, 9.17) is 5.73 Å². The summed E-state index contributed by atoms with van der Waals surface area (Å²) in [5.74, 6) is -0.325. The second-order valence-electron chi connectivity index (χ2n) is 5.72. The van der Waals surface area contributed by atoms with Crippen LogP contribution in [0.1, 0.15) is 40.5 Å². The first-order valence-electron chi connectivity index (χ1n) is 5.81. The predicted octanol–water partition coefficient (Wildman–Crippen LogP) is 0.196. The Morgan fingerprint density at radius 3 is 2.29 bits per heavy atom. The molecular formula is C11H22N2O3S. The zero-order valence-electron chi connectivity index (χ0n) is 10.9. The number of hydrogen-bond acceptors (Lipinski definition) is 4. The molecule has 1 saturated carbocycles. The molecule has 5 nitrogen and oxygen atoms in total. The van der Waals surface area contributed by atoms with Gasteiger partial charge in [0, 0.05) is 6.54 Å². The van der Waals surface area contributed by atoms with E-state index in [2.05, 4.69) is 5.32 Å². The minimum atomic E-state index is -3.24. The Balaban J connectivity index is 2.72. The third-order valence-corrected chi connectivity index (χ3v) is 6.74. The zero-order chi connectivity index (χ0) is 13.5. The van der Waals surface area contributed by atoms with E-state index in [1.165, 1.54) is 0 Å². The van der Waals surface area contributed by atoms with Gasteiger partial charge in [0.25, 0.3) is 0 Å². The van der Waals surface area contributed by atoms with Crippen molar-refractivity contribution < 1.29 is 13.2 Å². The molecule has 1 aliphatic carbocycles. The number of sulfone groups is 1. The second-order valence-corrected chi connectivity index (χ2v) is 8.82. The maximum Gasteiger partial charge on any atom is 0.236 e. The van der Waals surface area contributed by atoms with Crippen molar-refractivity contribution in [2.24, 2.45) is 5.73 Å². The van der Waals surface area contributed by atoms with Crippen LogP contribution in [0.2, 0.25) is 0 Å². The van der Waals surface area contributed by atoms with Crippen LogP contribution in [0.4, 0.5) is 0 Å². The first-order valence-corrected chi connectivity index (χ1v) is 7.29. The lowest BCUT2D eigenvalue weighted by atomic mass is 10.2. The van der Waals surface area contributed by atoms with Crippen molar-refractivity contribution in [1.82, 2.24) is 5.32 Å². The highest BCUT2D eigenvalue weighted by Crippen LogP contribution is 2.47. The quantitative estimate of drug-likeness (QED) is 0.740. The number of nitrogens with two attached hydrogens (primary N) is 1. The zero-order valence-corrected chi connectivity index (χ0v) is 11.7. The summed E-state index contributed by atoms with van der Waals surface area (Å²) < 4.78 is 23.1. The van der Waals surface area contributed by atoms with E-state index in [0.29, 0.717) is 12.8 Å². The Bertz CT molecular complexity index is 408. The number of hydrogen-bond donors (Lipinski definition) is 2. The molecule has 3 N–H and O–H groups in total. The lowest BCUT2D eigenvalue weighted by Gasteiger charge is -2.29. The van der Waals surface area contributed by atoms with Gasteiger partial charge < -0.3 is 11.1 Å². The molecule has 6 heteroatoms. The van der Waals surface area contributed by atoms with Crippen LogP contribution in [0.3, 0.4) is 0 Å². The lowest BCUT2D eigenvalue weighted by molar-refractivity contribution is -0.122. The number of carbonyl (C=O) groups is 1. The Hall–Kier alpha value is -0.620. The van der Waals surface area contributed by atoms with Gasteiger partial charge >= 0.3 is 0 Å². The molecule has 0 radical (unpaired) electrons. The Morgan fingerprint density at radius 1 is 1.47 bits per heavy atom. The van der Waals surface area contributed by atoms with Crippen LogP contribution in [-0.2, 0) is 14.6 Å². The monoisotopic (exact) mass is 262 g/mol. The summed E-state index contributed by atoms with van der Waals surface area (Å²) in [6, 6.07) is -0.620. The van der Waals surface area contributed by atoms with Crippen LogP contribution in [-0.4, -0.2) is 36.4 Å². The Morgan fingerprint density at radius 2 is 1.94 bits per heavy atom. The summed E-state index contributed by atoms with van der Waals surface area (Å²) in [7, 11) is -3.24. The van der Waals surface area contributed by atoms with Crippen molar-refractivity contribution >= 4 is 15.7 Å². The lowest BCUT2D eigenvalue weighted by Crippen LogP contribution is -2.50. The molecule has 1 amide bonds. The molecule has 0 aromatic carbocycles. The second kappa shape index (κ2) is 4.24. The van der Waals surface area contributed by atoms with Gasteiger partial charge in [0.05, 0.1) is 15.5 Å². The van der Waals surface area contributed by atoms with E-state index in [1.807, 2.05) is 0 Å². The average molecular weight is 262 g/mol. The minimum absolute atomic E-state index is 0.102. The molecule has 1 aliphatic rings. The van der Waals surface area contributed by atoms with Gasteiger partial charge in [-0.25, -0.2) is 8.42 Å². The van der Waals surface area contributed by atoms with Crippen molar-refractivity contribution in [3.05, 3.63) is 0 Å². The molecule has 0 aromatic heterocycles. The molecule has 0 aromatic rings. The third-order valence-electron chi connectivity index (χ3n) is 3.43. The van der Waals surface area contributed by atoms with Crippen LogP contribution in [0.25, 0.3) is 0 Å². The van der Waals surface area contributed by atoms with E-state index in [-0.39, 0.29) is 12.5 Å². The molecule has 17 heavy (non-hydrogen) atoms. The number of rotatable bonds is 5. The fraction of sp³-hybridized carbons (Fsp3) is 0.909. The van der Waals surface area contributed by atoms with Gasteiger partial charge in [-0.15, -0.1) is 0 Å². The summed E-state index contributed by atoms with van der Waals surface area (Å²) in [5.41, 5.74) is 5.41. The topological polar surface area (TPSA) is 89.3 Å². The van der Waals surface area contributed by atoms with Crippen molar-refractivity contribution in [3.8, 4) is 0 Å². The third kappa shape index (κ3) is 2.63. The molecule has 1 rings (SSSR count). The van der Waals surface area contributed by atoms with E-state index in [1.54, 1.807) is 27.7 Å². The highest BCUT2D eigenvalue weighted by Gasteiger charge is 2.56. The molecular weight excluding hydrogens is 240 g/mol. The van der Waals surface area contributed by atoms with Crippen LogP contribution in [0, 0.1) is 0 Å². The molecule has 0 heterocycles. The van der Waals surface area contributed by atoms with Gasteiger partial charge in [0.1, 0.15) is 0 Å². The normalized spacial score (nSPS) is 20.8. The number of amides is 1. The molecule has 0 spiro atoms. The van der Waals surface area contributed by atoms with E-state index >= 15 is 0 Å². The van der Waals surface area contributed by atoms with Crippen LogP contribution >= 0.6 is 0 Å². The van der Waals surface area contributed by atoms with E-state index in [9.17, 15) is 13.2 Å². The first-order chi connectivity index (χ1) is 7.53. The maximum absolute atomic E-state index is 12.3. The fourth-order valence-electron chi connectivity index (χ4n) is 1.67. The minimum Gasteiger partial charge on any atom is -0.353 e. The molecule has 100 valence electrons. The van der Waals surface area contributed by atoms with Gasteiger partial charge in [0.2, 0.25) is 5.91 Å². The molecule has 0 saturated heterocycles. The van der Waals surface area contributed by atoms with Gasteiger partial charge in [-0.2, -0.15) is 0 Å². The summed E-state index contributed by atoms with van der Waals surface area (Å²) >= 11 is 0. The van der Waals surface area contributed by atoms with Gasteiger partial charge in [-0.05, 0) is 40.5 Å². The summed E-state index contributed by atoms with van der Waals surface area (Å²) in [6.45, 7) is 6.72. The first kappa shape index (κ1) is 14.4. The molecule has 1 atom stereocenters. The van der Waals surface area contributed by atoms with E-state index in [0.717, 1.165) is 0 Å². The Labute approximate surface area is 103 Å². The maximum atomic E-state index is 12.3.